The van der Waals surface area contributed by atoms with Gasteiger partial charge in [0.15, 0.2) is 0 Å². The van der Waals surface area contributed by atoms with Crippen molar-refractivity contribution < 1.29 is 14.3 Å². The first-order valence-electron chi connectivity index (χ1n) is 6.25. The highest BCUT2D eigenvalue weighted by Gasteiger charge is 2.27. The Morgan fingerprint density at radius 2 is 1.89 bits per heavy atom. The fourth-order valence-electron chi connectivity index (χ4n) is 1.88. The number of piperidine rings is 1. The summed E-state index contributed by atoms with van der Waals surface area (Å²) in [6.45, 7) is 7.01. The van der Waals surface area contributed by atoms with E-state index in [2.05, 4.69) is 5.43 Å². The van der Waals surface area contributed by atoms with E-state index in [0.717, 1.165) is 0 Å². The first kappa shape index (κ1) is 14.9. The first-order chi connectivity index (χ1) is 8.33. The molecular weight excluding hydrogens is 234 g/mol. The van der Waals surface area contributed by atoms with Crippen molar-refractivity contribution >= 4 is 11.8 Å². The van der Waals surface area contributed by atoms with Crippen molar-refractivity contribution in [2.45, 2.75) is 39.2 Å². The maximum Gasteiger partial charge on any atom is 0.248 e. The number of hydrogen-bond donors (Lipinski definition) is 2. The molecule has 104 valence electrons. The zero-order valence-electron chi connectivity index (χ0n) is 11.4. The number of carbonyl (C=O) groups excluding carboxylic acids is 2. The van der Waals surface area contributed by atoms with Gasteiger partial charge in [0, 0.05) is 19.0 Å². The molecule has 0 aromatic carbocycles. The van der Waals surface area contributed by atoms with Gasteiger partial charge in [-0.3, -0.25) is 15.0 Å². The van der Waals surface area contributed by atoms with E-state index in [9.17, 15) is 9.59 Å². The van der Waals surface area contributed by atoms with Crippen molar-refractivity contribution in [2.24, 2.45) is 11.8 Å². The zero-order valence-corrected chi connectivity index (χ0v) is 11.4. The highest BCUT2D eigenvalue weighted by atomic mass is 16.5. The molecule has 0 saturated carbocycles. The van der Waals surface area contributed by atoms with Gasteiger partial charge in [0.05, 0.1) is 5.60 Å². The van der Waals surface area contributed by atoms with Crippen LogP contribution >= 0.6 is 0 Å². The Hall–Kier alpha value is -1.14. The van der Waals surface area contributed by atoms with E-state index in [1.165, 1.54) is 0 Å². The Kier molecular flexibility index (Phi) is 5.10. The molecule has 0 aromatic heterocycles. The van der Waals surface area contributed by atoms with E-state index < -0.39 is 0 Å². The van der Waals surface area contributed by atoms with E-state index in [1.54, 1.807) is 4.90 Å². The Morgan fingerprint density at radius 1 is 1.33 bits per heavy atom. The fourth-order valence-corrected chi connectivity index (χ4v) is 1.88. The number of nitrogens with zero attached hydrogens (tertiary/aromatic N) is 1. The molecule has 1 aliphatic heterocycles. The van der Waals surface area contributed by atoms with Crippen molar-refractivity contribution in [1.29, 1.82) is 0 Å². The standard InChI is InChI=1S/C12H23N3O3/c1-12(2,3)18-8-10(16)15-6-4-9(5-7-15)11(17)14-13/h9H,4-8,13H2,1-3H3,(H,14,17). The molecule has 1 fully saturated rings. The van der Waals surface area contributed by atoms with Gasteiger partial charge in [-0.1, -0.05) is 0 Å². The predicted molar refractivity (Wildman–Crippen MR) is 67.3 cm³/mol. The predicted octanol–water partition coefficient (Wildman–Crippen LogP) is 0.0300. The minimum Gasteiger partial charge on any atom is -0.366 e. The second kappa shape index (κ2) is 6.15. The van der Waals surface area contributed by atoms with Gasteiger partial charge in [-0.25, -0.2) is 5.84 Å². The van der Waals surface area contributed by atoms with E-state index >= 15 is 0 Å². The minimum atomic E-state index is -0.312. The molecule has 1 aliphatic rings. The van der Waals surface area contributed by atoms with Crippen molar-refractivity contribution in [3.63, 3.8) is 0 Å². The number of hydrazine groups is 1. The summed E-state index contributed by atoms with van der Waals surface area (Å²) in [6, 6.07) is 0. The van der Waals surface area contributed by atoms with Crippen LogP contribution in [0, 0.1) is 5.92 Å². The van der Waals surface area contributed by atoms with Crippen LogP contribution in [0.15, 0.2) is 0 Å². The number of rotatable bonds is 3. The van der Waals surface area contributed by atoms with Crippen molar-refractivity contribution in [3.05, 3.63) is 0 Å². The normalized spacial score (nSPS) is 17.7. The number of nitrogens with two attached hydrogens (primary N) is 1. The van der Waals surface area contributed by atoms with Gasteiger partial charge in [0.25, 0.3) is 0 Å². The second-order valence-corrected chi connectivity index (χ2v) is 5.56. The van der Waals surface area contributed by atoms with E-state index in [0.29, 0.717) is 25.9 Å². The summed E-state index contributed by atoms with van der Waals surface area (Å²) in [5.41, 5.74) is 1.84. The summed E-state index contributed by atoms with van der Waals surface area (Å²) in [6.07, 6.45) is 1.31. The molecule has 0 aromatic rings. The molecule has 6 nitrogen and oxygen atoms in total. The lowest BCUT2D eigenvalue weighted by Gasteiger charge is -2.31. The Morgan fingerprint density at radius 3 is 2.33 bits per heavy atom. The minimum absolute atomic E-state index is 0.0171. The van der Waals surface area contributed by atoms with Crippen molar-refractivity contribution in [3.8, 4) is 0 Å². The molecule has 3 N–H and O–H groups in total. The maximum atomic E-state index is 11.9. The molecule has 0 spiro atoms. The Balaban J connectivity index is 2.34. The number of amides is 2. The van der Waals surface area contributed by atoms with Gasteiger partial charge in [-0.2, -0.15) is 0 Å². The molecular formula is C12H23N3O3. The van der Waals surface area contributed by atoms with Gasteiger partial charge in [0.2, 0.25) is 11.8 Å². The quantitative estimate of drug-likeness (QED) is 0.424. The van der Waals surface area contributed by atoms with Crippen LogP contribution in [-0.2, 0) is 14.3 Å². The molecule has 6 heteroatoms. The van der Waals surface area contributed by atoms with Gasteiger partial charge >= 0.3 is 0 Å². The lowest BCUT2D eigenvalue weighted by atomic mass is 9.96. The Bertz CT molecular complexity index is 304. The van der Waals surface area contributed by atoms with Gasteiger partial charge in [0.1, 0.15) is 6.61 Å². The number of likely N-dealkylation sites (tertiary alicyclic amines) is 1. The zero-order chi connectivity index (χ0) is 13.8. The van der Waals surface area contributed by atoms with Crippen molar-refractivity contribution in [1.82, 2.24) is 10.3 Å². The van der Waals surface area contributed by atoms with Crippen LogP contribution in [0.3, 0.4) is 0 Å². The van der Waals surface area contributed by atoms with Crippen LogP contribution in [0.5, 0.6) is 0 Å². The SMILES string of the molecule is CC(C)(C)OCC(=O)N1CCC(C(=O)NN)CC1. The van der Waals surface area contributed by atoms with Crippen LogP contribution in [0.25, 0.3) is 0 Å². The smallest absolute Gasteiger partial charge is 0.248 e. The molecule has 18 heavy (non-hydrogen) atoms. The fraction of sp³-hybridized carbons (Fsp3) is 0.833. The number of carbonyl (C=O) groups is 2. The third-order valence-electron chi connectivity index (χ3n) is 2.99. The summed E-state index contributed by atoms with van der Waals surface area (Å²) >= 11 is 0. The van der Waals surface area contributed by atoms with E-state index in [1.807, 2.05) is 20.8 Å². The molecule has 2 amide bonds. The van der Waals surface area contributed by atoms with Gasteiger partial charge in [-0.05, 0) is 33.6 Å². The Labute approximate surface area is 108 Å². The number of hydrogen-bond acceptors (Lipinski definition) is 4. The lowest BCUT2D eigenvalue weighted by Crippen LogP contribution is -2.46. The summed E-state index contributed by atoms with van der Waals surface area (Å²) in [5, 5.41) is 0. The number of nitrogens with one attached hydrogen (secondary N) is 1. The number of ether oxygens (including phenoxy) is 1. The lowest BCUT2D eigenvalue weighted by molar-refractivity contribution is -0.143. The van der Waals surface area contributed by atoms with Crippen LogP contribution < -0.4 is 11.3 Å². The third kappa shape index (κ3) is 4.62. The molecule has 1 saturated heterocycles. The average molecular weight is 257 g/mol. The maximum absolute atomic E-state index is 11.9. The molecule has 1 rings (SSSR count). The topological polar surface area (TPSA) is 84.7 Å². The van der Waals surface area contributed by atoms with Gasteiger partial charge < -0.3 is 9.64 Å². The summed E-state index contributed by atoms with van der Waals surface area (Å²) in [4.78, 5) is 24.9. The van der Waals surface area contributed by atoms with E-state index in [-0.39, 0.29) is 29.9 Å². The van der Waals surface area contributed by atoms with Crippen LogP contribution in [0.2, 0.25) is 0 Å². The summed E-state index contributed by atoms with van der Waals surface area (Å²) in [5.74, 6) is 4.85. The summed E-state index contributed by atoms with van der Waals surface area (Å²) in [7, 11) is 0. The average Bonchev–Trinajstić information content (AvgIpc) is 2.34. The van der Waals surface area contributed by atoms with Crippen LogP contribution in [-0.4, -0.2) is 42.0 Å². The molecule has 0 unspecified atom stereocenters. The first-order valence-corrected chi connectivity index (χ1v) is 6.25. The summed E-state index contributed by atoms with van der Waals surface area (Å²) < 4.78 is 5.45. The van der Waals surface area contributed by atoms with E-state index in [4.69, 9.17) is 10.6 Å². The molecule has 1 heterocycles. The molecule has 0 atom stereocenters. The van der Waals surface area contributed by atoms with Crippen LogP contribution in [0.4, 0.5) is 0 Å². The van der Waals surface area contributed by atoms with Gasteiger partial charge in [-0.15, -0.1) is 0 Å². The molecule has 0 bridgehead atoms. The molecule has 0 aliphatic carbocycles. The molecule has 0 radical (unpaired) electrons. The highest BCUT2D eigenvalue weighted by Crippen LogP contribution is 2.17. The second-order valence-electron chi connectivity index (χ2n) is 5.56. The van der Waals surface area contributed by atoms with Crippen LogP contribution in [0.1, 0.15) is 33.6 Å². The highest BCUT2D eigenvalue weighted by molar-refractivity contribution is 5.80. The van der Waals surface area contributed by atoms with Crippen molar-refractivity contribution in [2.75, 3.05) is 19.7 Å². The monoisotopic (exact) mass is 257 g/mol. The largest absolute Gasteiger partial charge is 0.366 e. The third-order valence-corrected chi connectivity index (χ3v) is 2.99.